The van der Waals surface area contributed by atoms with Gasteiger partial charge in [0.25, 0.3) is 5.56 Å². The van der Waals surface area contributed by atoms with Gasteiger partial charge in [0.05, 0.1) is 11.4 Å². The molecule has 2 amide bonds. The molecule has 0 aliphatic rings. The zero-order valence-corrected chi connectivity index (χ0v) is 11.7. The molecule has 0 aliphatic carbocycles. The maximum absolute atomic E-state index is 11.8. The van der Waals surface area contributed by atoms with Crippen LogP contribution in [0.5, 0.6) is 0 Å². The Morgan fingerprint density at radius 3 is 2.95 bits per heavy atom. The van der Waals surface area contributed by atoms with Crippen LogP contribution in [0.3, 0.4) is 0 Å². The van der Waals surface area contributed by atoms with E-state index >= 15 is 0 Å². The van der Waals surface area contributed by atoms with Crippen LogP contribution in [0.2, 0.25) is 0 Å². The molecule has 0 fully saturated rings. The van der Waals surface area contributed by atoms with Crippen LogP contribution >= 0.6 is 0 Å². The number of H-pyrrole nitrogens is 1. The first-order chi connectivity index (χ1) is 10.1. The summed E-state index contributed by atoms with van der Waals surface area (Å²) in [6.45, 7) is 2.15. The molecule has 0 aromatic carbocycles. The number of aromatic nitrogens is 2. The van der Waals surface area contributed by atoms with E-state index in [-0.39, 0.29) is 18.2 Å². The van der Waals surface area contributed by atoms with Gasteiger partial charge in [-0.2, -0.15) is 0 Å². The average Bonchev–Trinajstić information content (AvgIpc) is 2.48. The van der Waals surface area contributed by atoms with Crippen molar-refractivity contribution in [3.8, 4) is 0 Å². The molecule has 7 heteroatoms. The minimum Gasteiger partial charge on any atom is -0.396 e. The number of nitrogens with two attached hydrogens (primary N) is 1. The standard InChI is InChI=1S/C14H18N4O3/c1-9(18(14(15)21)5-2-6-19)11-8-17-13(20)12-7-16-4-3-10(11)12/h3-4,7-9,19H,2,5-6H2,1H3,(H2,15,21)(H,17,20). The first kappa shape index (κ1) is 15.0. The lowest BCUT2D eigenvalue weighted by atomic mass is 10.0. The highest BCUT2D eigenvalue weighted by Crippen LogP contribution is 2.25. The van der Waals surface area contributed by atoms with Gasteiger partial charge < -0.3 is 20.7 Å². The number of nitrogens with zero attached hydrogens (tertiary/aromatic N) is 2. The van der Waals surface area contributed by atoms with Crippen molar-refractivity contribution in [2.75, 3.05) is 13.2 Å². The maximum atomic E-state index is 11.8. The fourth-order valence-corrected chi connectivity index (χ4v) is 2.38. The van der Waals surface area contributed by atoms with Crippen molar-refractivity contribution in [2.24, 2.45) is 5.73 Å². The van der Waals surface area contributed by atoms with Crippen LogP contribution in [0.1, 0.15) is 24.9 Å². The minimum atomic E-state index is -0.565. The number of pyridine rings is 2. The normalized spacial score (nSPS) is 12.3. The van der Waals surface area contributed by atoms with Crippen LogP contribution in [-0.4, -0.2) is 39.2 Å². The molecule has 0 saturated carbocycles. The van der Waals surface area contributed by atoms with E-state index in [1.165, 1.54) is 11.1 Å². The van der Waals surface area contributed by atoms with Crippen molar-refractivity contribution < 1.29 is 9.90 Å². The lowest BCUT2D eigenvalue weighted by molar-refractivity contribution is 0.179. The molecule has 21 heavy (non-hydrogen) atoms. The van der Waals surface area contributed by atoms with Crippen LogP contribution in [0.15, 0.2) is 29.5 Å². The van der Waals surface area contributed by atoms with Gasteiger partial charge in [0.2, 0.25) is 0 Å². The predicted octanol–water partition coefficient (Wildman–Crippen LogP) is 0.747. The summed E-state index contributed by atoms with van der Waals surface area (Å²) in [7, 11) is 0. The molecule has 112 valence electrons. The van der Waals surface area contributed by atoms with Gasteiger partial charge in [-0.3, -0.25) is 9.78 Å². The molecule has 0 spiro atoms. The molecule has 2 aromatic rings. The fraction of sp³-hybridized carbons (Fsp3) is 0.357. The Balaban J connectivity index is 2.47. The molecule has 2 rings (SSSR count). The minimum absolute atomic E-state index is 0.0210. The summed E-state index contributed by atoms with van der Waals surface area (Å²) >= 11 is 0. The largest absolute Gasteiger partial charge is 0.396 e. The topological polar surface area (TPSA) is 112 Å². The van der Waals surface area contributed by atoms with E-state index in [0.29, 0.717) is 18.4 Å². The number of rotatable bonds is 5. The SMILES string of the molecule is CC(c1c[nH]c(=O)c2cnccc12)N(CCCO)C(N)=O. The average molecular weight is 290 g/mol. The number of aliphatic hydroxyl groups is 1. The van der Waals surface area contributed by atoms with Gasteiger partial charge >= 0.3 is 6.03 Å². The van der Waals surface area contributed by atoms with Gasteiger partial charge in [-0.05, 0) is 30.4 Å². The number of nitrogens with one attached hydrogen (secondary N) is 1. The smallest absolute Gasteiger partial charge is 0.315 e. The Morgan fingerprint density at radius 2 is 2.29 bits per heavy atom. The van der Waals surface area contributed by atoms with Crippen molar-refractivity contribution >= 4 is 16.8 Å². The molecule has 4 N–H and O–H groups in total. The number of urea groups is 1. The first-order valence-electron chi connectivity index (χ1n) is 6.68. The second-order valence-corrected chi connectivity index (χ2v) is 4.78. The Bertz CT molecular complexity index is 698. The van der Waals surface area contributed by atoms with Crippen molar-refractivity contribution in [1.82, 2.24) is 14.9 Å². The van der Waals surface area contributed by atoms with E-state index in [4.69, 9.17) is 10.8 Å². The van der Waals surface area contributed by atoms with Crippen LogP contribution < -0.4 is 11.3 Å². The van der Waals surface area contributed by atoms with Crippen LogP contribution in [-0.2, 0) is 0 Å². The second-order valence-electron chi connectivity index (χ2n) is 4.78. The summed E-state index contributed by atoms with van der Waals surface area (Å²) in [5, 5.41) is 10.1. The highest BCUT2D eigenvalue weighted by Gasteiger charge is 2.21. The van der Waals surface area contributed by atoms with E-state index in [1.54, 1.807) is 18.5 Å². The monoisotopic (exact) mass is 290 g/mol. The van der Waals surface area contributed by atoms with Gasteiger partial charge in [0.15, 0.2) is 0 Å². The Labute approximate surface area is 121 Å². The van der Waals surface area contributed by atoms with Gasteiger partial charge in [0.1, 0.15) is 0 Å². The summed E-state index contributed by atoms with van der Waals surface area (Å²) in [6, 6.07) is 0.849. The molecule has 1 atom stereocenters. The summed E-state index contributed by atoms with van der Waals surface area (Å²) in [6.07, 6.45) is 5.12. The lowest BCUT2D eigenvalue weighted by Gasteiger charge is -2.28. The number of hydrogen-bond acceptors (Lipinski definition) is 4. The molecule has 7 nitrogen and oxygen atoms in total. The predicted molar refractivity (Wildman–Crippen MR) is 78.8 cm³/mol. The van der Waals surface area contributed by atoms with Crippen molar-refractivity contribution in [2.45, 2.75) is 19.4 Å². The number of aliphatic hydroxyl groups excluding tert-OH is 1. The molecular weight excluding hydrogens is 272 g/mol. The quantitative estimate of drug-likeness (QED) is 0.754. The lowest BCUT2D eigenvalue weighted by Crippen LogP contribution is -2.39. The Hall–Kier alpha value is -2.41. The summed E-state index contributed by atoms with van der Waals surface area (Å²) < 4.78 is 0. The number of carbonyl (C=O) groups excluding carboxylic acids is 1. The van der Waals surface area contributed by atoms with E-state index in [0.717, 1.165) is 10.9 Å². The number of amides is 2. The van der Waals surface area contributed by atoms with E-state index in [9.17, 15) is 9.59 Å². The van der Waals surface area contributed by atoms with E-state index in [2.05, 4.69) is 9.97 Å². The molecule has 0 saturated heterocycles. The first-order valence-corrected chi connectivity index (χ1v) is 6.68. The van der Waals surface area contributed by atoms with Gasteiger partial charge in [-0.25, -0.2) is 4.79 Å². The number of fused-ring (bicyclic) bond motifs is 1. The van der Waals surface area contributed by atoms with Gasteiger partial charge in [-0.15, -0.1) is 0 Å². The third-order valence-corrected chi connectivity index (χ3v) is 3.49. The number of primary amides is 1. The molecule has 0 bridgehead atoms. The second kappa shape index (κ2) is 6.36. The highest BCUT2D eigenvalue weighted by molar-refractivity contribution is 5.84. The summed E-state index contributed by atoms with van der Waals surface area (Å²) in [4.78, 5) is 31.5. The summed E-state index contributed by atoms with van der Waals surface area (Å²) in [5.41, 5.74) is 5.97. The summed E-state index contributed by atoms with van der Waals surface area (Å²) in [5.74, 6) is 0. The molecule has 1 unspecified atom stereocenters. The highest BCUT2D eigenvalue weighted by atomic mass is 16.3. The number of carbonyl (C=O) groups is 1. The van der Waals surface area contributed by atoms with Crippen molar-refractivity contribution in [3.05, 3.63) is 40.6 Å². The number of aromatic amines is 1. The van der Waals surface area contributed by atoms with Crippen molar-refractivity contribution in [3.63, 3.8) is 0 Å². The van der Waals surface area contributed by atoms with Crippen LogP contribution in [0.25, 0.3) is 10.8 Å². The molecule has 0 aliphatic heterocycles. The zero-order chi connectivity index (χ0) is 15.4. The van der Waals surface area contributed by atoms with Crippen molar-refractivity contribution in [1.29, 1.82) is 0 Å². The third kappa shape index (κ3) is 3.03. The third-order valence-electron chi connectivity index (χ3n) is 3.49. The molecule has 2 heterocycles. The van der Waals surface area contributed by atoms with E-state index in [1.807, 2.05) is 6.92 Å². The molecule has 0 radical (unpaired) electrons. The van der Waals surface area contributed by atoms with Crippen LogP contribution in [0, 0.1) is 0 Å². The fourth-order valence-electron chi connectivity index (χ4n) is 2.38. The maximum Gasteiger partial charge on any atom is 0.315 e. The molecular formula is C14H18N4O3. The number of hydrogen-bond donors (Lipinski definition) is 3. The van der Waals surface area contributed by atoms with Gasteiger partial charge in [0, 0.05) is 31.7 Å². The Morgan fingerprint density at radius 1 is 1.52 bits per heavy atom. The van der Waals surface area contributed by atoms with E-state index < -0.39 is 6.03 Å². The van der Waals surface area contributed by atoms with Gasteiger partial charge in [-0.1, -0.05) is 0 Å². The zero-order valence-electron chi connectivity index (χ0n) is 11.7. The Kier molecular flexibility index (Phi) is 4.54. The van der Waals surface area contributed by atoms with Crippen LogP contribution in [0.4, 0.5) is 4.79 Å². The molecule has 2 aromatic heterocycles.